The molecule has 3 aromatic heterocycles. The summed E-state index contributed by atoms with van der Waals surface area (Å²) < 4.78 is 1.99. The van der Waals surface area contributed by atoms with E-state index in [4.69, 9.17) is 0 Å². The Balaban J connectivity index is 1.70. The first-order valence-electron chi connectivity index (χ1n) is 8.95. The van der Waals surface area contributed by atoms with Gasteiger partial charge in [-0.25, -0.2) is 0 Å². The van der Waals surface area contributed by atoms with Gasteiger partial charge in [0.2, 0.25) is 0 Å². The zero-order chi connectivity index (χ0) is 18.8. The molecule has 1 fully saturated rings. The molecule has 0 aliphatic carbocycles. The predicted octanol–water partition coefficient (Wildman–Crippen LogP) is 2.31. The molecule has 0 spiro atoms. The summed E-state index contributed by atoms with van der Waals surface area (Å²) in [6, 6.07) is 6.21. The Labute approximate surface area is 157 Å². The number of rotatable bonds is 3. The van der Waals surface area contributed by atoms with E-state index >= 15 is 0 Å². The molecule has 2 unspecified atom stereocenters. The molecule has 136 valence electrons. The summed E-state index contributed by atoms with van der Waals surface area (Å²) in [5.74, 6) is 1.38. The molecule has 0 saturated carbocycles. The Morgan fingerprint density at radius 3 is 2.74 bits per heavy atom. The van der Waals surface area contributed by atoms with Gasteiger partial charge in [-0.2, -0.15) is 15.5 Å². The van der Waals surface area contributed by atoms with Crippen LogP contribution in [0.1, 0.15) is 37.1 Å². The minimum atomic E-state index is 0.241. The number of pyridine rings is 1. The number of aromatic nitrogens is 6. The van der Waals surface area contributed by atoms with Crippen LogP contribution in [0.4, 0.5) is 5.69 Å². The molecule has 4 rings (SSSR count). The first-order chi connectivity index (χ1) is 13.2. The Kier molecular flexibility index (Phi) is 4.50. The maximum absolute atomic E-state index is 9.69. The molecule has 8 nitrogen and oxygen atoms in total. The van der Waals surface area contributed by atoms with Crippen molar-refractivity contribution >= 4 is 5.69 Å². The molecule has 1 aliphatic rings. The van der Waals surface area contributed by atoms with Gasteiger partial charge in [0.05, 0.1) is 29.3 Å². The zero-order valence-corrected chi connectivity index (χ0v) is 15.3. The second-order valence-electron chi connectivity index (χ2n) is 6.86. The van der Waals surface area contributed by atoms with Crippen molar-refractivity contribution in [3.05, 3.63) is 48.4 Å². The Bertz CT molecular complexity index is 975. The topological polar surface area (TPSA) is 96.4 Å². The third-order valence-corrected chi connectivity index (χ3v) is 5.18. The molecule has 3 aromatic rings. The summed E-state index contributed by atoms with van der Waals surface area (Å²) in [6.45, 7) is 3.01. The lowest BCUT2D eigenvalue weighted by Gasteiger charge is -2.40. The van der Waals surface area contributed by atoms with E-state index in [1.165, 1.54) is 0 Å². The van der Waals surface area contributed by atoms with Crippen LogP contribution >= 0.6 is 0 Å². The number of hydrogen-bond donors (Lipinski definition) is 0. The molecule has 4 heterocycles. The fourth-order valence-electron chi connectivity index (χ4n) is 3.88. The molecule has 0 radical (unpaired) electrons. The van der Waals surface area contributed by atoms with Gasteiger partial charge in [-0.1, -0.05) is 0 Å². The second kappa shape index (κ2) is 7.11. The van der Waals surface area contributed by atoms with Crippen LogP contribution in [0.25, 0.3) is 11.3 Å². The van der Waals surface area contributed by atoms with Crippen LogP contribution in [0.15, 0.2) is 37.1 Å². The maximum atomic E-state index is 9.69. The summed E-state index contributed by atoms with van der Waals surface area (Å²) in [6.07, 6.45) is 8.64. The van der Waals surface area contributed by atoms with Crippen molar-refractivity contribution in [1.29, 1.82) is 5.26 Å². The summed E-state index contributed by atoms with van der Waals surface area (Å²) in [4.78, 5) is 6.85. The molecular weight excluding hydrogens is 340 g/mol. The van der Waals surface area contributed by atoms with E-state index in [2.05, 4.69) is 43.3 Å². The van der Waals surface area contributed by atoms with Crippen molar-refractivity contribution in [2.45, 2.75) is 31.7 Å². The number of anilines is 1. The Morgan fingerprint density at radius 1 is 1.19 bits per heavy atom. The normalized spacial score (nSPS) is 19.7. The summed E-state index contributed by atoms with van der Waals surface area (Å²) in [5, 5.41) is 25.8. The predicted molar refractivity (Wildman–Crippen MR) is 99.8 cm³/mol. The third kappa shape index (κ3) is 3.12. The monoisotopic (exact) mass is 360 g/mol. The number of nitrogens with zero attached hydrogens (tertiary/aromatic N) is 8. The molecule has 0 aromatic carbocycles. The number of piperidine rings is 1. The molecule has 0 bridgehead atoms. The molecule has 0 N–H and O–H groups in total. The average molecular weight is 360 g/mol. The van der Waals surface area contributed by atoms with E-state index in [0.717, 1.165) is 42.2 Å². The van der Waals surface area contributed by atoms with Gasteiger partial charge in [0.15, 0.2) is 0 Å². The second-order valence-corrected chi connectivity index (χ2v) is 6.86. The highest BCUT2D eigenvalue weighted by atomic mass is 15.3. The van der Waals surface area contributed by atoms with Crippen molar-refractivity contribution < 1.29 is 0 Å². The van der Waals surface area contributed by atoms with Gasteiger partial charge in [-0.3, -0.25) is 4.98 Å². The summed E-state index contributed by atoms with van der Waals surface area (Å²) in [5.41, 5.74) is 3.13. The van der Waals surface area contributed by atoms with Crippen LogP contribution in [0, 0.1) is 11.3 Å². The van der Waals surface area contributed by atoms with Gasteiger partial charge in [0.1, 0.15) is 18.2 Å². The van der Waals surface area contributed by atoms with Gasteiger partial charge in [0.25, 0.3) is 0 Å². The van der Waals surface area contributed by atoms with Gasteiger partial charge >= 0.3 is 0 Å². The molecule has 1 aliphatic heterocycles. The van der Waals surface area contributed by atoms with Crippen LogP contribution < -0.4 is 4.90 Å². The lowest BCUT2D eigenvalue weighted by Crippen LogP contribution is -2.41. The number of hydrogen-bond acceptors (Lipinski definition) is 7. The first kappa shape index (κ1) is 17.1. The SMILES string of the molecule is CC1CC(c2nncn2C)CCN1c1c(C#N)ccnc1-c1ccnnc1. The van der Waals surface area contributed by atoms with E-state index in [9.17, 15) is 5.26 Å². The summed E-state index contributed by atoms with van der Waals surface area (Å²) in [7, 11) is 1.98. The zero-order valence-electron chi connectivity index (χ0n) is 15.3. The van der Waals surface area contributed by atoms with Crippen LogP contribution in [0.3, 0.4) is 0 Å². The molecule has 0 amide bonds. The van der Waals surface area contributed by atoms with Crippen molar-refractivity contribution in [2.24, 2.45) is 7.05 Å². The number of nitriles is 1. The quantitative estimate of drug-likeness (QED) is 0.707. The molecule has 8 heteroatoms. The van der Waals surface area contributed by atoms with Crippen LogP contribution in [-0.2, 0) is 7.05 Å². The average Bonchev–Trinajstić information content (AvgIpc) is 3.14. The lowest BCUT2D eigenvalue weighted by atomic mass is 9.89. The van der Waals surface area contributed by atoms with E-state index in [-0.39, 0.29) is 6.04 Å². The minimum absolute atomic E-state index is 0.241. The molecule has 27 heavy (non-hydrogen) atoms. The highest BCUT2D eigenvalue weighted by molar-refractivity contribution is 5.79. The minimum Gasteiger partial charge on any atom is -0.366 e. The van der Waals surface area contributed by atoms with Gasteiger partial charge in [-0.05, 0) is 31.9 Å². The maximum Gasteiger partial charge on any atom is 0.135 e. The van der Waals surface area contributed by atoms with Gasteiger partial charge in [-0.15, -0.1) is 10.2 Å². The lowest BCUT2D eigenvalue weighted by molar-refractivity contribution is 0.411. The fourth-order valence-corrected chi connectivity index (χ4v) is 3.88. The summed E-state index contributed by atoms with van der Waals surface area (Å²) >= 11 is 0. The van der Waals surface area contributed by atoms with E-state index in [1.807, 2.05) is 17.7 Å². The fraction of sp³-hybridized carbons (Fsp3) is 0.368. The third-order valence-electron chi connectivity index (χ3n) is 5.18. The molecular formula is C19H20N8. The van der Waals surface area contributed by atoms with E-state index in [0.29, 0.717) is 11.5 Å². The van der Waals surface area contributed by atoms with Crippen molar-refractivity contribution in [3.8, 4) is 17.3 Å². The van der Waals surface area contributed by atoms with E-state index in [1.54, 1.807) is 31.0 Å². The smallest absolute Gasteiger partial charge is 0.135 e. The molecule has 1 saturated heterocycles. The highest BCUT2D eigenvalue weighted by Crippen LogP contribution is 2.38. The van der Waals surface area contributed by atoms with Crippen LogP contribution in [-0.4, -0.2) is 42.5 Å². The van der Waals surface area contributed by atoms with Crippen molar-refractivity contribution in [1.82, 2.24) is 29.9 Å². The highest BCUT2D eigenvalue weighted by Gasteiger charge is 2.31. The Hall–Kier alpha value is -3.34. The van der Waals surface area contributed by atoms with Gasteiger partial charge in [0, 0.05) is 37.3 Å². The number of aryl methyl sites for hydroxylation is 1. The largest absolute Gasteiger partial charge is 0.366 e. The standard InChI is InChI=1S/C19H20N8/c1-13-9-14(19-25-24-12-26(19)2)5-8-27(13)18-15(10-20)3-6-21-17(18)16-4-7-22-23-11-16/h3-4,6-7,11-14H,5,8-9H2,1-2H3. The van der Waals surface area contributed by atoms with Gasteiger partial charge < -0.3 is 9.47 Å². The van der Waals surface area contributed by atoms with Crippen molar-refractivity contribution in [2.75, 3.05) is 11.4 Å². The van der Waals surface area contributed by atoms with E-state index < -0.39 is 0 Å². The first-order valence-corrected chi connectivity index (χ1v) is 8.95. The molecule has 2 atom stereocenters. The van der Waals surface area contributed by atoms with Crippen LogP contribution in [0.5, 0.6) is 0 Å². The van der Waals surface area contributed by atoms with Crippen molar-refractivity contribution in [3.63, 3.8) is 0 Å². The van der Waals surface area contributed by atoms with Crippen LogP contribution in [0.2, 0.25) is 0 Å². The Morgan fingerprint density at radius 2 is 2.07 bits per heavy atom.